The molecule has 1 atom stereocenters. The first-order valence-corrected chi connectivity index (χ1v) is 7.94. The first-order valence-electron chi connectivity index (χ1n) is 7.06. The molecule has 0 fully saturated rings. The molecule has 7 heteroatoms. The van der Waals surface area contributed by atoms with Crippen LogP contribution >= 0.6 is 11.3 Å². The third-order valence-corrected chi connectivity index (χ3v) is 3.91. The van der Waals surface area contributed by atoms with Crippen LogP contribution in [-0.4, -0.2) is 28.0 Å². The SMILES string of the molecule is CC(=O)N[C@@H](Cc1ccc(OCc2csc(C)n2)cc1)C(=O)O. The number of hydrogen-bond donors (Lipinski definition) is 2. The van der Waals surface area contributed by atoms with Gasteiger partial charge in [0.2, 0.25) is 5.91 Å². The van der Waals surface area contributed by atoms with Crippen molar-refractivity contribution in [1.82, 2.24) is 10.3 Å². The second-order valence-electron chi connectivity index (χ2n) is 5.09. The van der Waals surface area contributed by atoms with Crippen LogP contribution in [-0.2, 0) is 22.6 Å². The van der Waals surface area contributed by atoms with Gasteiger partial charge in [-0.2, -0.15) is 0 Å². The van der Waals surface area contributed by atoms with Gasteiger partial charge in [-0.3, -0.25) is 4.79 Å². The first kappa shape index (κ1) is 17.0. The Morgan fingerprint density at radius 3 is 2.57 bits per heavy atom. The molecule has 2 aromatic rings. The summed E-state index contributed by atoms with van der Waals surface area (Å²) < 4.78 is 5.64. The van der Waals surface area contributed by atoms with Crippen molar-refractivity contribution in [3.8, 4) is 5.75 Å². The van der Waals surface area contributed by atoms with Gasteiger partial charge in [0.1, 0.15) is 18.4 Å². The summed E-state index contributed by atoms with van der Waals surface area (Å²) in [6, 6.07) is 6.21. The van der Waals surface area contributed by atoms with E-state index in [0.29, 0.717) is 12.4 Å². The number of aliphatic carboxylic acids is 1. The normalized spacial score (nSPS) is 11.7. The summed E-state index contributed by atoms with van der Waals surface area (Å²) in [5, 5.41) is 14.5. The number of nitrogens with zero attached hydrogens (tertiary/aromatic N) is 1. The number of rotatable bonds is 7. The van der Waals surface area contributed by atoms with E-state index in [1.807, 2.05) is 12.3 Å². The number of aryl methyl sites for hydroxylation is 1. The summed E-state index contributed by atoms with van der Waals surface area (Å²) in [7, 11) is 0. The van der Waals surface area contributed by atoms with E-state index in [0.717, 1.165) is 16.3 Å². The van der Waals surface area contributed by atoms with Gasteiger partial charge in [-0.25, -0.2) is 9.78 Å². The average molecular weight is 334 g/mol. The molecular formula is C16H18N2O4S. The number of amides is 1. The number of carbonyl (C=O) groups is 2. The van der Waals surface area contributed by atoms with Crippen molar-refractivity contribution in [1.29, 1.82) is 0 Å². The monoisotopic (exact) mass is 334 g/mol. The van der Waals surface area contributed by atoms with Crippen LogP contribution < -0.4 is 10.1 Å². The molecule has 2 N–H and O–H groups in total. The smallest absolute Gasteiger partial charge is 0.326 e. The van der Waals surface area contributed by atoms with E-state index in [1.165, 1.54) is 6.92 Å². The van der Waals surface area contributed by atoms with E-state index in [4.69, 9.17) is 9.84 Å². The van der Waals surface area contributed by atoms with Gasteiger partial charge in [0.05, 0.1) is 10.7 Å². The van der Waals surface area contributed by atoms with E-state index >= 15 is 0 Å². The molecule has 0 bridgehead atoms. The van der Waals surface area contributed by atoms with Crippen LogP contribution in [0.1, 0.15) is 23.2 Å². The van der Waals surface area contributed by atoms with Crippen molar-refractivity contribution in [2.45, 2.75) is 32.9 Å². The molecule has 0 aliphatic rings. The Kier molecular flexibility index (Phi) is 5.70. The zero-order valence-electron chi connectivity index (χ0n) is 12.9. The van der Waals surface area contributed by atoms with E-state index in [9.17, 15) is 9.59 Å². The van der Waals surface area contributed by atoms with Crippen LogP contribution in [0, 0.1) is 6.92 Å². The third-order valence-electron chi connectivity index (χ3n) is 3.09. The lowest BCUT2D eigenvalue weighted by Gasteiger charge is -2.13. The van der Waals surface area contributed by atoms with Crippen LogP contribution in [0.5, 0.6) is 5.75 Å². The van der Waals surface area contributed by atoms with Crippen molar-refractivity contribution >= 4 is 23.2 Å². The number of carboxylic acids is 1. The molecule has 0 aliphatic heterocycles. The van der Waals surface area contributed by atoms with Crippen molar-refractivity contribution in [3.63, 3.8) is 0 Å². The van der Waals surface area contributed by atoms with Crippen LogP contribution in [0.4, 0.5) is 0 Å². The fraction of sp³-hybridized carbons (Fsp3) is 0.312. The maximum Gasteiger partial charge on any atom is 0.326 e. The Morgan fingerprint density at radius 1 is 1.35 bits per heavy atom. The van der Waals surface area contributed by atoms with Crippen molar-refractivity contribution in [3.05, 3.63) is 45.9 Å². The quantitative estimate of drug-likeness (QED) is 0.810. The number of thiazole rings is 1. The Labute approximate surface area is 138 Å². The molecule has 1 heterocycles. The number of ether oxygens (including phenoxy) is 1. The molecule has 2 rings (SSSR count). The minimum absolute atomic E-state index is 0.223. The minimum atomic E-state index is -1.06. The number of nitrogens with one attached hydrogen (secondary N) is 1. The van der Waals surface area contributed by atoms with E-state index in [-0.39, 0.29) is 12.3 Å². The first-order chi connectivity index (χ1) is 10.9. The van der Waals surface area contributed by atoms with Crippen molar-refractivity contribution in [2.24, 2.45) is 0 Å². The van der Waals surface area contributed by atoms with Gasteiger partial charge in [-0.1, -0.05) is 12.1 Å². The lowest BCUT2D eigenvalue weighted by Crippen LogP contribution is -2.41. The number of carboxylic acid groups (broad SMARTS) is 1. The Morgan fingerprint density at radius 2 is 2.04 bits per heavy atom. The second-order valence-corrected chi connectivity index (χ2v) is 6.15. The molecule has 0 saturated heterocycles. The summed E-state index contributed by atoms with van der Waals surface area (Å²) in [5.41, 5.74) is 1.69. The second kappa shape index (κ2) is 7.73. The standard InChI is InChI=1S/C16H18N2O4S/c1-10(19)17-15(16(20)21)7-12-3-5-14(6-4-12)22-8-13-9-23-11(2)18-13/h3-6,9,15H,7-8H2,1-2H3,(H,17,19)(H,20,21)/t15-/m0/s1. The number of hydrogen-bond acceptors (Lipinski definition) is 5. The van der Waals surface area contributed by atoms with Gasteiger partial charge in [0.15, 0.2) is 0 Å². The Balaban J connectivity index is 1.92. The predicted octanol–water partition coefficient (Wildman–Crippen LogP) is 2.16. The predicted molar refractivity (Wildman–Crippen MR) is 86.6 cm³/mol. The third kappa shape index (κ3) is 5.37. The average Bonchev–Trinajstić information content (AvgIpc) is 2.91. The topological polar surface area (TPSA) is 88.5 Å². The van der Waals surface area contributed by atoms with Crippen LogP contribution in [0.25, 0.3) is 0 Å². The molecule has 0 aliphatic carbocycles. The molecule has 1 aromatic heterocycles. The summed E-state index contributed by atoms with van der Waals surface area (Å²) in [6.07, 6.45) is 0.223. The molecular weight excluding hydrogens is 316 g/mol. The summed E-state index contributed by atoms with van der Waals surface area (Å²) in [6.45, 7) is 3.64. The maximum absolute atomic E-state index is 11.1. The lowest BCUT2D eigenvalue weighted by atomic mass is 10.1. The highest BCUT2D eigenvalue weighted by Gasteiger charge is 2.18. The molecule has 1 aromatic carbocycles. The number of benzene rings is 1. The van der Waals surface area contributed by atoms with Gasteiger partial charge in [-0.15, -0.1) is 11.3 Å². The Hall–Kier alpha value is -2.41. The molecule has 0 unspecified atom stereocenters. The fourth-order valence-electron chi connectivity index (χ4n) is 2.03. The molecule has 1 amide bonds. The van der Waals surface area contributed by atoms with Crippen molar-refractivity contribution < 1.29 is 19.4 Å². The van der Waals surface area contributed by atoms with E-state index < -0.39 is 12.0 Å². The van der Waals surface area contributed by atoms with Crippen LogP contribution in [0.2, 0.25) is 0 Å². The van der Waals surface area contributed by atoms with Gasteiger partial charge in [0, 0.05) is 18.7 Å². The zero-order valence-corrected chi connectivity index (χ0v) is 13.7. The number of aromatic nitrogens is 1. The number of carbonyl (C=O) groups excluding carboxylic acids is 1. The molecule has 0 saturated carbocycles. The van der Waals surface area contributed by atoms with E-state index in [2.05, 4.69) is 10.3 Å². The summed E-state index contributed by atoms with van der Waals surface area (Å²) >= 11 is 1.58. The zero-order chi connectivity index (χ0) is 16.8. The maximum atomic E-state index is 11.1. The van der Waals surface area contributed by atoms with Crippen LogP contribution in [0.3, 0.4) is 0 Å². The summed E-state index contributed by atoms with van der Waals surface area (Å²) in [5.74, 6) is -0.735. The minimum Gasteiger partial charge on any atom is -0.487 e. The molecule has 6 nitrogen and oxygen atoms in total. The van der Waals surface area contributed by atoms with Gasteiger partial charge in [0.25, 0.3) is 0 Å². The highest BCUT2D eigenvalue weighted by Crippen LogP contribution is 2.16. The van der Waals surface area contributed by atoms with Gasteiger partial charge >= 0.3 is 5.97 Å². The van der Waals surface area contributed by atoms with Crippen LogP contribution in [0.15, 0.2) is 29.6 Å². The lowest BCUT2D eigenvalue weighted by molar-refractivity contribution is -0.141. The molecule has 0 radical (unpaired) electrons. The highest BCUT2D eigenvalue weighted by atomic mass is 32.1. The fourth-order valence-corrected chi connectivity index (χ4v) is 2.63. The summed E-state index contributed by atoms with van der Waals surface area (Å²) in [4.78, 5) is 26.5. The van der Waals surface area contributed by atoms with Crippen molar-refractivity contribution in [2.75, 3.05) is 0 Å². The Bertz CT molecular complexity index is 682. The molecule has 122 valence electrons. The molecule has 23 heavy (non-hydrogen) atoms. The largest absolute Gasteiger partial charge is 0.487 e. The van der Waals surface area contributed by atoms with E-state index in [1.54, 1.807) is 35.6 Å². The molecule has 0 spiro atoms. The van der Waals surface area contributed by atoms with Gasteiger partial charge < -0.3 is 15.2 Å². The van der Waals surface area contributed by atoms with Gasteiger partial charge in [-0.05, 0) is 24.6 Å². The highest BCUT2D eigenvalue weighted by molar-refractivity contribution is 7.09.